The molecule has 0 saturated heterocycles. The second kappa shape index (κ2) is 4.28. The minimum absolute atomic E-state index is 0.0796. The summed E-state index contributed by atoms with van der Waals surface area (Å²) in [6.45, 7) is 1.05. The number of carbonyl (C=O) groups excluding carboxylic acids is 1. The molecule has 0 aromatic carbocycles. The molecular formula is C10H14N2O2. The van der Waals surface area contributed by atoms with Crippen LogP contribution < -0.4 is 10.6 Å². The Bertz CT molecular complexity index is 291. The Morgan fingerprint density at radius 1 is 1.57 bits per heavy atom. The number of rotatable bonds is 5. The lowest BCUT2D eigenvalue weighted by Crippen LogP contribution is -2.34. The molecule has 1 aliphatic rings. The summed E-state index contributed by atoms with van der Waals surface area (Å²) in [4.78, 5) is 11.2. The highest BCUT2D eigenvalue weighted by atomic mass is 16.3. The molecule has 4 heteroatoms. The zero-order valence-corrected chi connectivity index (χ0v) is 7.95. The largest absolute Gasteiger partial charge is 0.472 e. The first-order chi connectivity index (χ1) is 6.84. The van der Waals surface area contributed by atoms with Gasteiger partial charge in [-0.2, -0.15) is 0 Å². The molecule has 0 bridgehead atoms. The summed E-state index contributed by atoms with van der Waals surface area (Å²) < 4.78 is 4.91. The fraction of sp³-hybridized carbons (Fsp3) is 0.500. The average Bonchev–Trinajstić information content (AvgIpc) is 2.82. The molecular weight excluding hydrogens is 180 g/mol. The van der Waals surface area contributed by atoms with Crippen molar-refractivity contribution in [2.45, 2.75) is 25.4 Å². The van der Waals surface area contributed by atoms with Crippen LogP contribution in [-0.2, 0) is 11.3 Å². The van der Waals surface area contributed by atoms with Gasteiger partial charge in [-0.1, -0.05) is 0 Å². The van der Waals surface area contributed by atoms with Gasteiger partial charge in [-0.25, -0.2) is 0 Å². The quantitative estimate of drug-likeness (QED) is 0.723. The van der Waals surface area contributed by atoms with Crippen molar-refractivity contribution in [3.8, 4) is 0 Å². The summed E-state index contributed by atoms with van der Waals surface area (Å²) in [5.74, 6) is 0.0796. The second-order valence-electron chi connectivity index (χ2n) is 3.58. The summed E-state index contributed by atoms with van der Waals surface area (Å²) in [5, 5.41) is 5.96. The van der Waals surface area contributed by atoms with Gasteiger partial charge in [-0.3, -0.25) is 4.79 Å². The van der Waals surface area contributed by atoms with Gasteiger partial charge in [0.1, 0.15) is 0 Å². The summed E-state index contributed by atoms with van der Waals surface area (Å²) in [7, 11) is 0. The van der Waals surface area contributed by atoms with Crippen molar-refractivity contribution in [3.63, 3.8) is 0 Å². The maximum atomic E-state index is 11.2. The molecule has 1 amide bonds. The first kappa shape index (κ1) is 9.27. The van der Waals surface area contributed by atoms with Crippen LogP contribution in [0.3, 0.4) is 0 Å². The van der Waals surface area contributed by atoms with E-state index in [4.69, 9.17) is 4.42 Å². The van der Waals surface area contributed by atoms with E-state index in [2.05, 4.69) is 10.6 Å². The number of furan rings is 1. The van der Waals surface area contributed by atoms with Crippen molar-refractivity contribution in [3.05, 3.63) is 24.2 Å². The Morgan fingerprint density at radius 2 is 2.43 bits per heavy atom. The van der Waals surface area contributed by atoms with E-state index in [-0.39, 0.29) is 5.91 Å². The SMILES string of the molecule is O=C(CNCc1ccoc1)NC1CC1. The van der Waals surface area contributed by atoms with Gasteiger partial charge in [0.2, 0.25) is 5.91 Å². The molecule has 1 saturated carbocycles. The lowest BCUT2D eigenvalue weighted by Gasteiger charge is -2.03. The Morgan fingerprint density at radius 3 is 3.07 bits per heavy atom. The van der Waals surface area contributed by atoms with E-state index < -0.39 is 0 Å². The molecule has 1 fully saturated rings. The highest BCUT2D eigenvalue weighted by molar-refractivity contribution is 5.78. The van der Waals surface area contributed by atoms with Gasteiger partial charge in [-0.15, -0.1) is 0 Å². The van der Waals surface area contributed by atoms with E-state index in [1.165, 1.54) is 0 Å². The second-order valence-corrected chi connectivity index (χ2v) is 3.58. The van der Waals surface area contributed by atoms with Crippen molar-refractivity contribution in [1.29, 1.82) is 0 Å². The molecule has 14 heavy (non-hydrogen) atoms. The van der Waals surface area contributed by atoms with Crippen molar-refractivity contribution in [1.82, 2.24) is 10.6 Å². The fourth-order valence-electron chi connectivity index (χ4n) is 1.22. The Balaban J connectivity index is 1.60. The van der Waals surface area contributed by atoms with E-state index in [1.54, 1.807) is 12.5 Å². The van der Waals surface area contributed by atoms with Gasteiger partial charge in [-0.05, 0) is 18.9 Å². The number of carbonyl (C=O) groups is 1. The predicted molar refractivity (Wildman–Crippen MR) is 51.6 cm³/mol. The number of amides is 1. The van der Waals surface area contributed by atoms with E-state index in [0.717, 1.165) is 18.4 Å². The van der Waals surface area contributed by atoms with Gasteiger partial charge in [0.05, 0.1) is 19.1 Å². The van der Waals surface area contributed by atoms with Crippen LogP contribution in [0.15, 0.2) is 23.0 Å². The number of nitrogens with one attached hydrogen (secondary N) is 2. The van der Waals surface area contributed by atoms with Gasteiger partial charge in [0.15, 0.2) is 0 Å². The zero-order chi connectivity index (χ0) is 9.80. The third-order valence-corrected chi connectivity index (χ3v) is 2.14. The number of hydrogen-bond acceptors (Lipinski definition) is 3. The van der Waals surface area contributed by atoms with Gasteiger partial charge < -0.3 is 15.1 Å². The summed E-state index contributed by atoms with van der Waals surface area (Å²) in [6, 6.07) is 2.32. The molecule has 2 N–H and O–H groups in total. The summed E-state index contributed by atoms with van der Waals surface area (Å²) in [5.41, 5.74) is 1.06. The van der Waals surface area contributed by atoms with Crippen molar-refractivity contribution in [2.24, 2.45) is 0 Å². The van der Waals surface area contributed by atoms with Crippen LogP contribution in [0.2, 0.25) is 0 Å². The molecule has 0 aliphatic heterocycles. The predicted octanol–water partition coefficient (Wildman–Crippen LogP) is 0.648. The molecule has 1 aliphatic carbocycles. The van der Waals surface area contributed by atoms with Crippen molar-refractivity contribution >= 4 is 5.91 Å². The van der Waals surface area contributed by atoms with Crippen LogP contribution in [0.4, 0.5) is 0 Å². The monoisotopic (exact) mass is 194 g/mol. The third kappa shape index (κ3) is 2.88. The lowest BCUT2D eigenvalue weighted by molar-refractivity contribution is -0.120. The minimum Gasteiger partial charge on any atom is -0.472 e. The Hall–Kier alpha value is -1.29. The van der Waals surface area contributed by atoms with Gasteiger partial charge >= 0.3 is 0 Å². The first-order valence-electron chi connectivity index (χ1n) is 4.86. The van der Waals surface area contributed by atoms with Gasteiger partial charge in [0, 0.05) is 18.2 Å². The van der Waals surface area contributed by atoms with Crippen LogP contribution in [0.25, 0.3) is 0 Å². The van der Waals surface area contributed by atoms with Crippen LogP contribution >= 0.6 is 0 Å². The molecule has 0 spiro atoms. The number of hydrogen-bond donors (Lipinski definition) is 2. The first-order valence-corrected chi connectivity index (χ1v) is 4.86. The summed E-state index contributed by atoms with van der Waals surface area (Å²) in [6.07, 6.45) is 5.56. The molecule has 4 nitrogen and oxygen atoms in total. The third-order valence-electron chi connectivity index (χ3n) is 2.14. The zero-order valence-electron chi connectivity index (χ0n) is 7.95. The molecule has 0 unspecified atom stereocenters. The molecule has 76 valence electrons. The smallest absolute Gasteiger partial charge is 0.234 e. The standard InChI is InChI=1S/C10H14N2O2/c13-10(12-9-1-2-9)6-11-5-8-3-4-14-7-8/h3-4,7,9,11H,1-2,5-6H2,(H,12,13). The minimum atomic E-state index is 0.0796. The Labute approximate surface area is 82.7 Å². The summed E-state index contributed by atoms with van der Waals surface area (Å²) >= 11 is 0. The van der Waals surface area contributed by atoms with Crippen LogP contribution in [0.1, 0.15) is 18.4 Å². The topological polar surface area (TPSA) is 54.3 Å². The molecule has 0 radical (unpaired) electrons. The molecule has 2 rings (SSSR count). The van der Waals surface area contributed by atoms with E-state index in [9.17, 15) is 4.79 Å². The van der Waals surface area contributed by atoms with E-state index in [0.29, 0.717) is 19.1 Å². The van der Waals surface area contributed by atoms with Gasteiger partial charge in [0.25, 0.3) is 0 Å². The molecule has 0 atom stereocenters. The van der Waals surface area contributed by atoms with Crippen LogP contribution in [-0.4, -0.2) is 18.5 Å². The van der Waals surface area contributed by atoms with E-state index >= 15 is 0 Å². The van der Waals surface area contributed by atoms with Crippen molar-refractivity contribution < 1.29 is 9.21 Å². The highest BCUT2D eigenvalue weighted by Gasteiger charge is 2.22. The molecule has 1 aromatic rings. The lowest BCUT2D eigenvalue weighted by atomic mass is 10.3. The van der Waals surface area contributed by atoms with Crippen molar-refractivity contribution in [2.75, 3.05) is 6.54 Å². The fourth-order valence-corrected chi connectivity index (χ4v) is 1.22. The van der Waals surface area contributed by atoms with Crippen LogP contribution in [0.5, 0.6) is 0 Å². The maximum absolute atomic E-state index is 11.2. The normalized spacial score (nSPS) is 15.4. The highest BCUT2D eigenvalue weighted by Crippen LogP contribution is 2.18. The van der Waals surface area contributed by atoms with E-state index in [1.807, 2.05) is 6.07 Å². The average molecular weight is 194 g/mol. The molecule has 1 aromatic heterocycles. The molecule has 1 heterocycles. The Kier molecular flexibility index (Phi) is 2.84. The van der Waals surface area contributed by atoms with Crippen LogP contribution in [0, 0.1) is 0 Å². The maximum Gasteiger partial charge on any atom is 0.234 e.